The standard InChI is InChI=1S/C20H20FN5O4/c21-11-1-2-17-14(5-11)16-6-12(27)9-25(16)18-3-4-26-19(24-18)15(8-23-26)20(29)22-7-13(28)10-30-17/h1-5,8,12-13,16,27-28H,6-7,9-10H2,(H,22,29)/t12-,13-,16+/m0/s1. The molecule has 30 heavy (non-hydrogen) atoms. The molecule has 3 aromatic rings. The monoisotopic (exact) mass is 413 g/mol. The van der Waals surface area contributed by atoms with Crippen molar-refractivity contribution in [2.75, 3.05) is 24.6 Å². The molecule has 5 rings (SSSR count). The van der Waals surface area contributed by atoms with Gasteiger partial charge in [0.05, 0.1) is 18.3 Å². The average molecular weight is 413 g/mol. The second kappa shape index (κ2) is 7.22. The Morgan fingerprint density at radius 1 is 1.23 bits per heavy atom. The molecule has 0 aliphatic carbocycles. The maximum Gasteiger partial charge on any atom is 0.256 e. The Labute approximate surface area is 170 Å². The van der Waals surface area contributed by atoms with Gasteiger partial charge in [-0.1, -0.05) is 0 Å². The van der Waals surface area contributed by atoms with Gasteiger partial charge in [0.1, 0.15) is 35.7 Å². The van der Waals surface area contributed by atoms with Crippen molar-refractivity contribution >= 4 is 17.4 Å². The Bertz CT molecular complexity index is 1120. The molecule has 3 N–H and O–H groups in total. The average Bonchev–Trinajstić information content (AvgIpc) is 3.33. The van der Waals surface area contributed by atoms with Crippen molar-refractivity contribution in [2.24, 2.45) is 0 Å². The molecule has 2 aliphatic heterocycles. The third-order valence-electron chi connectivity index (χ3n) is 5.43. The Morgan fingerprint density at radius 3 is 2.97 bits per heavy atom. The summed E-state index contributed by atoms with van der Waals surface area (Å²) in [5.74, 6) is 0.111. The van der Waals surface area contributed by atoms with E-state index in [-0.39, 0.29) is 24.8 Å². The number of hydrogen-bond acceptors (Lipinski definition) is 7. The number of anilines is 1. The van der Waals surface area contributed by atoms with Gasteiger partial charge in [0.25, 0.3) is 5.91 Å². The first kappa shape index (κ1) is 18.8. The second-order valence-electron chi connectivity index (χ2n) is 7.53. The predicted octanol–water partition coefficient (Wildman–Crippen LogP) is 0.664. The zero-order chi connectivity index (χ0) is 20.8. The molecule has 1 amide bonds. The fourth-order valence-corrected chi connectivity index (χ4v) is 4.00. The lowest BCUT2D eigenvalue weighted by Crippen LogP contribution is -2.35. The number of nitrogens with one attached hydrogen (secondary N) is 1. The summed E-state index contributed by atoms with van der Waals surface area (Å²) in [6, 6.07) is 5.53. The number of aliphatic hydroxyl groups excluding tert-OH is 2. The van der Waals surface area contributed by atoms with Crippen LogP contribution in [0.1, 0.15) is 28.4 Å². The van der Waals surface area contributed by atoms with Crippen molar-refractivity contribution in [3.63, 3.8) is 0 Å². The molecule has 2 aromatic heterocycles. The van der Waals surface area contributed by atoms with E-state index in [1.807, 2.05) is 4.90 Å². The maximum atomic E-state index is 14.1. The van der Waals surface area contributed by atoms with E-state index < -0.39 is 23.9 Å². The number of fused-ring (bicyclic) bond motifs is 5. The van der Waals surface area contributed by atoms with Crippen LogP contribution in [-0.2, 0) is 0 Å². The Hall–Kier alpha value is -3.24. The van der Waals surface area contributed by atoms with Gasteiger partial charge in [0, 0.05) is 24.8 Å². The van der Waals surface area contributed by atoms with E-state index in [0.717, 1.165) is 0 Å². The number of aliphatic hydroxyl groups is 2. The molecule has 1 aromatic carbocycles. The molecule has 0 unspecified atom stereocenters. The van der Waals surface area contributed by atoms with Gasteiger partial charge in [-0.05, 0) is 30.7 Å². The fraction of sp³-hybridized carbons (Fsp3) is 0.350. The van der Waals surface area contributed by atoms with Gasteiger partial charge in [0.15, 0.2) is 5.65 Å². The number of hydrogen-bond donors (Lipinski definition) is 3. The van der Waals surface area contributed by atoms with Gasteiger partial charge in [-0.2, -0.15) is 5.10 Å². The van der Waals surface area contributed by atoms with E-state index >= 15 is 0 Å². The van der Waals surface area contributed by atoms with Gasteiger partial charge in [0.2, 0.25) is 0 Å². The number of nitrogens with zero attached hydrogens (tertiary/aromatic N) is 4. The topological polar surface area (TPSA) is 112 Å². The van der Waals surface area contributed by atoms with Crippen LogP contribution in [0.25, 0.3) is 5.65 Å². The molecule has 156 valence electrons. The summed E-state index contributed by atoms with van der Waals surface area (Å²) in [6.45, 7) is 0.184. The molecule has 1 fully saturated rings. The van der Waals surface area contributed by atoms with Gasteiger partial charge in [-0.25, -0.2) is 13.9 Å². The normalized spacial score (nSPS) is 24.2. The van der Waals surface area contributed by atoms with E-state index in [1.54, 1.807) is 12.3 Å². The number of benzene rings is 1. The highest BCUT2D eigenvalue weighted by atomic mass is 19.1. The van der Waals surface area contributed by atoms with Crippen molar-refractivity contribution in [2.45, 2.75) is 24.7 Å². The third-order valence-corrected chi connectivity index (χ3v) is 5.43. The Kier molecular flexibility index (Phi) is 4.52. The molecular weight excluding hydrogens is 393 g/mol. The largest absolute Gasteiger partial charge is 0.490 e. The van der Waals surface area contributed by atoms with Crippen LogP contribution in [0.4, 0.5) is 10.2 Å². The van der Waals surface area contributed by atoms with E-state index in [9.17, 15) is 19.4 Å². The number of rotatable bonds is 0. The highest BCUT2D eigenvalue weighted by molar-refractivity contribution is 5.99. The van der Waals surface area contributed by atoms with Crippen LogP contribution in [-0.4, -0.2) is 62.6 Å². The summed E-state index contributed by atoms with van der Waals surface area (Å²) in [5, 5.41) is 27.4. The lowest BCUT2D eigenvalue weighted by molar-refractivity contribution is 0.0842. The van der Waals surface area contributed by atoms with E-state index in [1.165, 1.54) is 28.9 Å². The van der Waals surface area contributed by atoms with Crippen molar-refractivity contribution in [3.8, 4) is 5.75 Å². The molecule has 0 saturated carbocycles. The molecule has 2 aliphatic rings. The summed E-state index contributed by atoms with van der Waals surface area (Å²) < 4.78 is 21.4. The molecule has 3 atom stereocenters. The second-order valence-corrected chi connectivity index (χ2v) is 7.53. The number of carbonyl (C=O) groups is 1. The van der Waals surface area contributed by atoms with Gasteiger partial charge in [-0.3, -0.25) is 4.79 Å². The van der Waals surface area contributed by atoms with Crippen molar-refractivity contribution in [3.05, 3.63) is 53.6 Å². The number of ether oxygens (including phenoxy) is 1. The third kappa shape index (κ3) is 3.23. The molecule has 2 bridgehead atoms. The lowest BCUT2D eigenvalue weighted by atomic mass is 10.0. The van der Waals surface area contributed by atoms with Crippen LogP contribution in [0.2, 0.25) is 0 Å². The number of halogens is 1. The number of amides is 1. The van der Waals surface area contributed by atoms with Crippen LogP contribution < -0.4 is 15.0 Å². The van der Waals surface area contributed by atoms with Crippen LogP contribution in [0, 0.1) is 5.82 Å². The molecule has 4 heterocycles. The molecule has 0 spiro atoms. The maximum absolute atomic E-state index is 14.1. The summed E-state index contributed by atoms with van der Waals surface area (Å²) in [6.07, 6.45) is 1.85. The summed E-state index contributed by atoms with van der Waals surface area (Å²) in [5.41, 5.74) is 1.19. The summed E-state index contributed by atoms with van der Waals surface area (Å²) in [4.78, 5) is 19.0. The zero-order valence-corrected chi connectivity index (χ0v) is 15.9. The Balaban J connectivity index is 1.67. The Morgan fingerprint density at radius 2 is 2.10 bits per heavy atom. The van der Waals surface area contributed by atoms with E-state index in [4.69, 9.17) is 4.74 Å². The van der Waals surface area contributed by atoms with E-state index in [0.29, 0.717) is 35.7 Å². The summed E-state index contributed by atoms with van der Waals surface area (Å²) >= 11 is 0. The minimum atomic E-state index is -0.967. The molecule has 0 radical (unpaired) electrons. The van der Waals surface area contributed by atoms with Crippen LogP contribution in [0.5, 0.6) is 5.75 Å². The highest BCUT2D eigenvalue weighted by Crippen LogP contribution is 2.40. The first-order chi connectivity index (χ1) is 14.5. The first-order valence-electron chi connectivity index (χ1n) is 9.67. The number of carbonyl (C=O) groups excluding carboxylic acids is 1. The molecule has 9 nitrogen and oxygen atoms in total. The molecular formula is C20H20FN5O4. The zero-order valence-electron chi connectivity index (χ0n) is 15.9. The van der Waals surface area contributed by atoms with Gasteiger partial charge < -0.3 is 25.2 Å². The number of aromatic nitrogens is 3. The molecule has 1 saturated heterocycles. The first-order valence-corrected chi connectivity index (χ1v) is 9.67. The van der Waals surface area contributed by atoms with E-state index in [2.05, 4.69) is 15.4 Å². The van der Waals surface area contributed by atoms with Crippen molar-refractivity contribution in [1.29, 1.82) is 0 Å². The molecule has 10 heteroatoms. The number of β-amino-alcohol motifs (C(OH)–C–C–N with tert-alkyl or cyclic N) is 1. The van der Waals surface area contributed by atoms with Gasteiger partial charge >= 0.3 is 0 Å². The van der Waals surface area contributed by atoms with Crippen LogP contribution in [0.3, 0.4) is 0 Å². The quantitative estimate of drug-likeness (QED) is 0.496. The smallest absolute Gasteiger partial charge is 0.256 e. The predicted molar refractivity (Wildman–Crippen MR) is 104 cm³/mol. The minimum absolute atomic E-state index is 0.0271. The summed E-state index contributed by atoms with van der Waals surface area (Å²) in [7, 11) is 0. The highest BCUT2D eigenvalue weighted by Gasteiger charge is 2.35. The van der Waals surface area contributed by atoms with Crippen molar-refractivity contribution < 1.29 is 24.1 Å². The minimum Gasteiger partial charge on any atom is -0.490 e. The SMILES string of the molecule is O=C1NC[C@H](O)COc2ccc(F)cc2[C@H]2C[C@H](O)CN2c2ccn3ncc1c3n2. The van der Waals surface area contributed by atoms with Crippen LogP contribution in [0.15, 0.2) is 36.7 Å². The van der Waals surface area contributed by atoms with Crippen molar-refractivity contribution in [1.82, 2.24) is 19.9 Å². The van der Waals surface area contributed by atoms with Crippen LogP contribution >= 0.6 is 0 Å². The van der Waals surface area contributed by atoms with Gasteiger partial charge in [-0.15, -0.1) is 0 Å². The fourth-order valence-electron chi connectivity index (χ4n) is 4.00. The lowest BCUT2D eigenvalue weighted by Gasteiger charge is -2.28.